The van der Waals surface area contributed by atoms with E-state index in [9.17, 15) is 22.4 Å². The summed E-state index contributed by atoms with van der Waals surface area (Å²) < 4.78 is 41.5. The normalized spacial score (nSPS) is 14.1. The van der Waals surface area contributed by atoms with E-state index in [1.807, 2.05) is 0 Å². The fourth-order valence-corrected chi connectivity index (χ4v) is 4.17. The molecule has 0 atom stereocenters. The highest BCUT2D eigenvalue weighted by atomic mass is 35.5. The van der Waals surface area contributed by atoms with Crippen molar-refractivity contribution in [2.24, 2.45) is 0 Å². The number of carbonyl (C=O) groups is 2. The van der Waals surface area contributed by atoms with Crippen molar-refractivity contribution in [2.75, 3.05) is 14.9 Å². The van der Waals surface area contributed by atoms with E-state index in [1.54, 1.807) is 13.0 Å². The van der Waals surface area contributed by atoms with Crippen molar-refractivity contribution in [3.63, 3.8) is 0 Å². The number of rotatable bonds is 6. The number of anilines is 3. The van der Waals surface area contributed by atoms with Crippen molar-refractivity contribution in [1.82, 2.24) is 9.97 Å². The van der Waals surface area contributed by atoms with Crippen LogP contribution < -0.4 is 14.9 Å². The highest BCUT2D eigenvalue weighted by Crippen LogP contribution is 2.31. The Bertz CT molecular complexity index is 1410. The molecule has 0 bridgehead atoms. The van der Waals surface area contributed by atoms with Crippen LogP contribution in [0.15, 0.2) is 76.4 Å². The van der Waals surface area contributed by atoms with E-state index in [2.05, 4.69) is 20.0 Å². The number of carbonyl (C=O) groups excluding carboxylic acids is 2. The van der Waals surface area contributed by atoms with E-state index in [-0.39, 0.29) is 27.9 Å². The zero-order valence-electron chi connectivity index (χ0n) is 16.9. The van der Waals surface area contributed by atoms with Crippen molar-refractivity contribution in [3.05, 3.63) is 83.0 Å². The number of nitrogens with one attached hydrogen (secondary N) is 2. The van der Waals surface area contributed by atoms with Crippen molar-refractivity contribution in [2.45, 2.75) is 11.8 Å². The average Bonchev–Trinajstić information content (AvgIpc) is 2.97. The monoisotopic (exact) mass is 487 g/mol. The Labute approximate surface area is 193 Å². The second kappa shape index (κ2) is 8.60. The molecule has 4 rings (SSSR count). The van der Waals surface area contributed by atoms with Crippen LogP contribution >= 0.6 is 11.6 Å². The standard InChI is InChI=1S/C21H15ClFN5O4S/c1-12-10-11-24-21(25-12)27-33(31,32)14-8-6-13(7-9-14)26-18-17(22)19(29)28(20(18)30)16-5-3-2-4-15(16)23/h2-11,26H,1H3,(H,24,25,27). The van der Waals surface area contributed by atoms with Gasteiger partial charge < -0.3 is 5.32 Å². The van der Waals surface area contributed by atoms with Crippen LogP contribution in [0, 0.1) is 12.7 Å². The van der Waals surface area contributed by atoms with Gasteiger partial charge in [-0.2, -0.15) is 0 Å². The number of sulfonamides is 1. The molecular weight excluding hydrogens is 473 g/mol. The molecule has 1 aliphatic rings. The first kappa shape index (κ1) is 22.4. The molecule has 168 valence electrons. The van der Waals surface area contributed by atoms with Crippen molar-refractivity contribution < 1.29 is 22.4 Å². The molecule has 33 heavy (non-hydrogen) atoms. The molecule has 2 amide bonds. The molecule has 0 saturated carbocycles. The minimum Gasteiger partial charge on any atom is -0.350 e. The van der Waals surface area contributed by atoms with E-state index in [4.69, 9.17) is 11.6 Å². The average molecular weight is 488 g/mol. The molecule has 0 aliphatic carbocycles. The van der Waals surface area contributed by atoms with Gasteiger partial charge in [0.2, 0.25) is 5.95 Å². The lowest BCUT2D eigenvalue weighted by atomic mass is 10.2. The number of benzene rings is 2. The van der Waals surface area contributed by atoms with Crippen molar-refractivity contribution in [3.8, 4) is 0 Å². The third-order valence-electron chi connectivity index (χ3n) is 4.58. The number of hydrogen-bond acceptors (Lipinski definition) is 7. The number of halogens is 2. The maximum atomic E-state index is 14.1. The van der Waals surface area contributed by atoms with Crippen LogP contribution in [0.25, 0.3) is 0 Å². The van der Waals surface area contributed by atoms with Gasteiger partial charge in [0, 0.05) is 17.6 Å². The van der Waals surface area contributed by atoms with Gasteiger partial charge in [-0.25, -0.2) is 32.4 Å². The Morgan fingerprint density at radius 3 is 2.36 bits per heavy atom. The highest BCUT2D eigenvalue weighted by Gasteiger charge is 2.40. The molecule has 1 aliphatic heterocycles. The van der Waals surface area contributed by atoms with E-state index in [0.29, 0.717) is 10.6 Å². The van der Waals surface area contributed by atoms with E-state index >= 15 is 0 Å². The molecule has 0 unspecified atom stereocenters. The smallest absolute Gasteiger partial charge is 0.283 e. The van der Waals surface area contributed by atoms with Gasteiger partial charge in [-0.05, 0) is 49.4 Å². The Hall–Kier alpha value is -3.83. The molecule has 2 heterocycles. The van der Waals surface area contributed by atoms with Crippen LogP contribution in [0.4, 0.5) is 21.7 Å². The number of hydrogen-bond donors (Lipinski definition) is 2. The van der Waals surface area contributed by atoms with Gasteiger partial charge in [-0.15, -0.1) is 0 Å². The molecule has 0 spiro atoms. The maximum absolute atomic E-state index is 14.1. The summed E-state index contributed by atoms with van der Waals surface area (Å²) in [5.74, 6) is -2.55. The topological polar surface area (TPSA) is 121 Å². The number of aryl methyl sites for hydroxylation is 1. The molecule has 0 saturated heterocycles. The molecule has 9 nitrogen and oxygen atoms in total. The second-order valence-corrected chi connectivity index (χ2v) is 8.92. The molecule has 12 heteroatoms. The molecule has 0 radical (unpaired) electrons. The van der Waals surface area contributed by atoms with E-state index < -0.39 is 32.7 Å². The van der Waals surface area contributed by atoms with Gasteiger partial charge in [-0.3, -0.25) is 9.59 Å². The SMILES string of the molecule is Cc1ccnc(NS(=O)(=O)c2ccc(NC3=C(Cl)C(=O)N(c4ccccc4F)C3=O)cc2)n1. The Morgan fingerprint density at radius 2 is 1.70 bits per heavy atom. The van der Waals surface area contributed by atoms with Crippen LogP contribution in [0.2, 0.25) is 0 Å². The minimum absolute atomic E-state index is 0.0718. The van der Waals surface area contributed by atoms with Crippen LogP contribution in [0.1, 0.15) is 5.69 Å². The summed E-state index contributed by atoms with van der Waals surface area (Å²) in [5, 5.41) is 2.28. The van der Waals surface area contributed by atoms with E-state index in [0.717, 1.165) is 6.07 Å². The van der Waals surface area contributed by atoms with Gasteiger partial charge >= 0.3 is 0 Å². The van der Waals surface area contributed by atoms with Gasteiger partial charge in [0.1, 0.15) is 16.5 Å². The Morgan fingerprint density at radius 1 is 1.00 bits per heavy atom. The third kappa shape index (κ3) is 4.41. The molecule has 0 fully saturated rings. The molecule has 2 aromatic carbocycles. The Kier molecular flexibility index (Phi) is 5.83. The number of nitrogens with zero attached hydrogens (tertiary/aromatic N) is 3. The third-order valence-corrected chi connectivity index (χ3v) is 6.27. The van der Waals surface area contributed by atoms with Crippen LogP contribution in [-0.2, 0) is 19.6 Å². The lowest BCUT2D eigenvalue weighted by molar-refractivity contribution is -0.120. The van der Waals surface area contributed by atoms with Crippen molar-refractivity contribution >= 4 is 50.8 Å². The lowest BCUT2D eigenvalue weighted by Gasteiger charge is -2.15. The summed E-state index contributed by atoms with van der Waals surface area (Å²) in [5.41, 5.74) is 0.387. The fourth-order valence-electron chi connectivity index (χ4n) is 3.00. The largest absolute Gasteiger partial charge is 0.350 e. The van der Waals surface area contributed by atoms with Gasteiger partial charge in [-0.1, -0.05) is 23.7 Å². The van der Waals surface area contributed by atoms with Crippen LogP contribution in [0.5, 0.6) is 0 Å². The zero-order chi connectivity index (χ0) is 23.8. The molecular formula is C21H15ClFN5O4S. The van der Waals surface area contributed by atoms with Gasteiger partial charge in [0.25, 0.3) is 21.8 Å². The summed E-state index contributed by atoms with van der Waals surface area (Å²) in [7, 11) is -3.97. The second-order valence-electron chi connectivity index (χ2n) is 6.86. The first-order chi connectivity index (χ1) is 15.7. The van der Waals surface area contributed by atoms with Gasteiger partial charge in [0.05, 0.1) is 10.6 Å². The van der Waals surface area contributed by atoms with Crippen LogP contribution in [0.3, 0.4) is 0 Å². The molecule has 3 aromatic rings. The summed E-state index contributed by atoms with van der Waals surface area (Å²) in [6.45, 7) is 1.70. The number of aromatic nitrogens is 2. The number of amides is 2. The fraction of sp³-hybridized carbons (Fsp3) is 0.0476. The minimum atomic E-state index is -3.97. The maximum Gasteiger partial charge on any atom is 0.283 e. The number of imide groups is 1. The Balaban J connectivity index is 1.54. The summed E-state index contributed by atoms with van der Waals surface area (Å²) >= 11 is 6.04. The van der Waals surface area contributed by atoms with Crippen LogP contribution in [-0.4, -0.2) is 30.2 Å². The van der Waals surface area contributed by atoms with E-state index in [1.165, 1.54) is 48.7 Å². The predicted octanol–water partition coefficient (Wildman–Crippen LogP) is 3.16. The summed E-state index contributed by atoms with van der Waals surface area (Å²) in [6, 6.07) is 12.3. The zero-order valence-corrected chi connectivity index (χ0v) is 18.5. The highest BCUT2D eigenvalue weighted by molar-refractivity contribution is 7.92. The first-order valence-corrected chi connectivity index (χ1v) is 11.3. The first-order valence-electron chi connectivity index (χ1n) is 9.40. The molecule has 1 aromatic heterocycles. The quantitative estimate of drug-likeness (QED) is 0.512. The summed E-state index contributed by atoms with van der Waals surface area (Å²) in [4.78, 5) is 33.6. The van der Waals surface area contributed by atoms with Crippen molar-refractivity contribution in [1.29, 1.82) is 0 Å². The lowest BCUT2D eigenvalue weighted by Crippen LogP contribution is -2.33. The summed E-state index contributed by atoms with van der Waals surface area (Å²) in [6.07, 6.45) is 1.43. The van der Waals surface area contributed by atoms with Gasteiger partial charge in [0.15, 0.2) is 0 Å². The number of para-hydroxylation sites is 1. The molecule has 2 N–H and O–H groups in total. The predicted molar refractivity (Wildman–Crippen MR) is 119 cm³/mol.